The minimum atomic E-state index is -0.295. The second-order valence-corrected chi connectivity index (χ2v) is 7.44. The highest BCUT2D eigenvalue weighted by Gasteiger charge is 2.29. The average molecular weight is 352 g/mol. The summed E-state index contributed by atoms with van der Waals surface area (Å²) in [5.74, 6) is 0.945. The molecule has 136 valence electrons. The summed E-state index contributed by atoms with van der Waals surface area (Å²) < 4.78 is 0. The molecule has 1 saturated carbocycles. The lowest BCUT2D eigenvalue weighted by molar-refractivity contribution is -0.118. The van der Waals surface area contributed by atoms with E-state index in [0.717, 1.165) is 23.4 Å². The highest BCUT2D eigenvalue weighted by molar-refractivity contribution is 5.97. The normalized spacial score (nSPS) is 21.1. The number of aromatic nitrogens is 2. The molecule has 0 radical (unpaired) electrons. The Labute approximate surface area is 153 Å². The van der Waals surface area contributed by atoms with E-state index in [1.165, 1.54) is 12.8 Å². The maximum absolute atomic E-state index is 12.5. The van der Waals surface area contributed by atoms with Crippen molar-refractivity contribution in [2.24, 2.45) is 0 Å². The fourth-order valence-corrected chi connectivity index (χ4v) is 3.54. The molecule has 2 unspecified atom stereocenters. The zero-order valence-corrected chi connectivity index (χ0v) is 15.2. The molecule has 1 aliphatic heterocycles. The van der Waals surface area contributed by atoms with Crippen molar-refractivity contribution in [3.8, 4) is 0 Å². The van der Waals surface area contributed by atoms with Gasteiger partial charge in [-0.05, 0) is 50.8 Å². The molecule has 0 bridgehead atoms. The number of nitrogens with zero attached hydrogens (tertiary/aromatic N) is 2. The van der Waals surface area contributed by atoms with Gasteiger partial charge in [0.05, 0.1) is 5.92 Å². The van der Waals surface area contributed by atoms with Crippen molar-refractivity contribution in [1.82, 2.24) is 10.2 Å². The second-order valence-electron chi connectivity index (χ2n) is 7.44. The Balaban J connectivity index is 1.42. The smallest absolute Gasteiger partial charge is 0.232 e. The van der Waals surface area contributed by atoms with E-state index in [-0.39, 0.29) is 23.8 Å². The zero-order valence-electron chi connectivity index (χ0n) is 15.2. The molecule has 4 rings (SSSR count). The number of aromatic amines is 1. The predicted molar refractivity (Wildman–Crippen MR) is 100 cm³/mol. The average Bonchev–Trinajstić information content (AvgIpc) is 3.30. The van der Waals surface area contributed by atoms with E-state index in [9.17, 15) is 9.59 Å². The van der Waals surface area contributed by atoms with E-state index >= 15 is 0 Å². The number of hydrogen-bond donors (Lipinski definition) is 2. The minimum absolute atomic E-state index is 0.0859. The van der Waals surface area contributed by atoms with Crippen molar-refractivity contribution < 1.29 is 9.59 Å². The number of nitrogens with one attached hydrogen (secondary N) is 2. The van der Waals surface area contributed by atoms with Gasteiger partial charge in [0.2, 0.25) is 11.8 Å². The first-order valence-electron chi connectivity index (χ1n) is 9.31. The predicted octanol–water partition coefficient (Wildman–Crippen LogP) is 3.54. The summed E-state index contributed by atoms with van der Waals surface area (Å²) >= 11 is 0. The maximum atomic E-state index is 12.5. The van der Waals surface area contributed by atoms with Crippen LogP contribution in [0.1, 0.15) is 62.6 Å². The Morgan fingerprint density at radius 2 is 2.00 bits per heavy atom. The van der Waals surface area contributed by atoms with Crippen LogP contribution in [0.25, 0.3) is 0 Å². The highest BCUT2D eigenvalue weighted by Crippen LogP contribution is 2.39. The van der Waals surface area contributed by atoms with Gasteiger partial charge in [0.1, 0.15) is 0 Å². The highest BCUT2D eigenvalue weighted by atomic mass is 16.2. The molecule has 6 nitrogen and oxygen atoms in total. The van der Waals surface area contributed by atoms with Gasteiger partial charge in [-0.2, -0.15) is 5.10 Å². The van der Waals surface area contributed by atoms with E-state index in [1.807, 2.05) is 42.2 Å². The van der Waals surface area contributed by atoms with E-state index < -0.39 is 0 Å². The maximum Gasteiger partial charge on any atom is 0.232 e. The Morgan fingerprint density at radius 1 is 1.27 bits per heavy atom. The molecule has 1 aromatic heterocycles. The topological polar surface area (TPSA) is 78.1 Å². The number of amides is 2. The summed E-state index contributed by atoms with van der Waals surface area (Å²) in [6.45, 7) is 3.94. The molecule has 2 aliphatic rings. The van der Waals surface area contributed by atoms with Gasteiger partial charge in [0.25, 0.3) is 0 Å². The van der Waals surface area contributed by atoms with Crippen molar-refractivity contribution in [2.45, 2.75) is 57.4 Å². The zero-order chi connectivity index (χ0) is 18.3. The summed E-state index contributed by atoms with van der Waals surface area (Å²) in [5, 5.41) is 10.1. The van der Waals surface area contributed by atoms with Crippen LogP contribution in [-0.4, -0.2) is 28.1 Å². The van der Waals surface area contributed by atoms with Crippen molar-refractivity contribution in [3.63, 3.8) is 0 Å². The van der Waals surface area contributed by atoms with Crippen LogP contribution in [0.15, 0.2) is 30.3 Å². The van der Waals surface area contributed by atoms with Crippen LogP contribution in [0.2, 0.25) is 0 Å². The van der Waals surface area contributed by atoms with Crippen LogP contribution >= 0.6 is 0 Å². The number of anilines is 2. The van der Waals surface area contributed by atoms with Gasteiger partial charge in [-0.25, -0.2) is 0 Å². The molecule has 0 spiro atoms. The molecule has 6 heteroatoms. The molecule has 2 atom stereocenters. The summed E-state index contributed by atoms with van der Waals surface area (Å²) in [6.07, 6.45) is 3.88. The summed E-state index contributed by atoms with van der Waals surface area (Å²) in [5.41, 5.74) is 2.92. The molecule has 1 aromatic carbocycles. The minimum Gasteiger partial charge on any atom is -0.310 e. The Morgan fingerprint density at radius 3 is 2.62 bits per heavy atom. The Hall–Kier alpha value is -2.63. The number of benzene rings is 1. The van der Waals surface area contributed by atoms with E-state index in [2.05, 4.69) is 22.4 Å². The summed E-state index contributed by atoms with van der Waals surface area (Å²) in [4.78, 5) is 26.4. The molecule has 2 N–H and O–H groups in total. The van der Waals surface area contributed by atoms with Crippen molar-refractivity contribution in [1.29, 1.82) is 0 Å². The van der Waals surface area contributed by atoms with Gasteiger partial charge in [-0.3, -0.25) is 14.7 Å². The lowest BCUT2D eigenvalue weighted by atomic mass is 10.00. The van der Waals surface area contributed by atoms with Crippen LogP contribution in [0.4, 0.5) is 11.5 Å². The standard InChI is InChI=1S/C20H24N4O2/c1-12-3-10-19(25)24(12)16-8-6-14(7-9-16)13(2)20(26)21-18-11-17(22-23-18)15-4-5-15/h6-9,11-13,15H,3-5,10H2,1-2H3,(H2,21,22,23,26). The van der Waals surface area contributed by atoms with Gasteiger partial charge in [-0.15, -0.1) is 0 Å². The molecule has 2 heterocycles. The molecule has 2 amide bonds. The number of rotatable bonds is 5. The van der Waals surface area contributed by atoms with E-state index in [1.54, 1.807) is 0 Å². The fourth-order valence-electron chi connectivity index (χ4n) is 3.54. The van der Waals surface area contributed by atoms with Crippen molar-refractivity contribution in [3.05, 3.63) is 41.6 Å². The van der Waals surface area contributed by atoms with Crippen LogP contribution < -0.4 is 10.2 Å². The van der Waals surface area contributed by atoms with Crippen molar-refractivity contribution >= 4 is 23.3 Å². The molecular weight excluding hydrogens is 328 g/mol. The molecule has 1 aliphatic carbocycles. The van der Waals surface area contributed by atoms with Gasteiger partial charge < -0.3 is 10.2 Å². The number of carbonyl (C=O) groups is 2. The molecular formula is C20H24N4O2. The Kier molecular flexibility index (Phi) is 4.26. The third-order valence-electron chi connectivity index (χ3n) is 5.42. The summed E-state index contributed by atoms with van der Waals surface area (Å²) in [7, 11) is 0. The third kappa shape index (κ3) is 3.23. The fraction of sp³-hybridized carbons (Fsp3) is 0.450. The number of hydrogen-bond acceptors (Lipinski definition) is 3. The SMILES string of the molecule is CC(C(=O)Nc1cc(C2CC2)[nH]n1)c1ccc(N2C(=O)CCC2C)cc1. The van der Waals surface area contributed by atoms with Gasteiger partial charge in [0.15, 0.2) is 5.82 Å². The van der Waals surface area contributed by atoms with E-state index in [0.29, 0.717) is 18.2 Å². The first-order valence-corrected chi connectivity index (χ1v) is 9.31. The van der Waals surface area contributed by atoms with Crippen molar-refractivity contribution in [2.75, 3.05) is 10.2 Å². The van der Waals surface area contributed by atoms with Gasteiger partial charge in [0, 0.05) is 35.8 Å². The quantitative estimate of drug-likeness (QED) is 0.864. The largest absolute Gasteiger partial charge is 0.310 e. The van der Waals surface area contributed by atoms with Crippen LogP contribution in [0, 0.1) is 0 Å². The van der Waals surface area contributed by atoms with Gasteiger partial charge >= 0.3 is 0 Å². The molecule has 2 aromatic rings. The van der Waals surface area contributed by atoms with Crippen LogP contribution in [0.5, 0.6) is 0 Å². The monoisotopic (exact) mass is 352 g/mol. The Bertz CT molecular complexity index is 823. The lowest BCUT2D eigenvalue weighted by Gasteiger charge is -2.22. The molecule has 2 fully saturated rings. The molecule has 1 saturated heterocycles. The third-order valence-corrected chi connectivity index (χ3v) is 5.42. The summed E-state index contributed by atoms with van der Waals surface area (Å²) in [6, 6.07) is 9.87. The lowest BCUT2D eigenvalue weighted by Crippen LogP contribution is -2.30. The second kappa shape index (κ2) is 6.59. The van der Waals surface area contributed by atoms with Gasteiger partial charge in [-0.1, -0.05) is 12.1 Å². The number of carbonyl (C=O) groups excluding carboxylic acids is 2. The first kappa shape index (κ1) is 16.8. The van der Waals surface area contributed by atoms with Crippen LogP contribution in [-0.2, 0) is 9.59 Å². The van der Waals surface area contributed by atoms with E-state index in [4.69, 9.17) is 0 Å². The first-order chi connectivity index (χ1) is 12.5. The number of H-pyrrole nitrogens is 1. The molecule has 26 heavy (non-hydrogen) atoms. The van der Waals surface area contributed by atoms with Crippen LogP contribution in [0.3, 0.4) is 0 Å².